The van der Waals surface area contributed by atoms with Gasteiger partial charge in [0.25, 0.3) is 0 Å². The van der Waals surface area contributed by atoms with Crippen molar-refractivity contribution in [1.82, 2.24) is 19.8 Å². The van der Waals surface area contributed by atoms with Crippen LogP contribution in [0.3, 0.4) is 0 Å². The van der Waals surface area contributed by atoms with Crippen LogP contribution in [0, 0.1) is 5.41 Å². The van der Waals surface area contributed by atoms with Gasteiger partial charge in [-0.2, -0.15) is 0 Å². The first-order valence-corrected chi connectivity index (χ1v) is 9.48. The van der Waals surface area contributed by atoms with Gasteiger partial charge in [0.15, 0.2) is 0 Å². The molecule has 25 heavy (non-hydrogen) atoms. The lowest BCUT2D eigenvalue weighted by Gasteiger charge is -2.47. The summed E-state index contributed by atoms with van der Waals surface area (Å²) >= 11 is 0. The van der Waals surface area contributed by atoms with Crippen LogP contribution in [0.5, 0.6) is 0 Å². The predicted molar refractivity (Wildman–Crippen MR) is 95.8 cm³/mol. The Labute approximate surface area is 150 Å². The molecule has 3 rings (SSSR count). The van der Waals surface area contributed by atoms with Gasteiger partial charge in [0.1, 0.15) is 5.82 Å². The van der Waals surface area contributed by atoms with Crippen molar-refractivity contribution in [3.8, 4) is 0 Å². The quantitative estimate of drug-likeness (QED) is 0.877. The minimum Gasteiger partial charge on any atom is -0.392 e. The molecule has 1 amide bonds. The lowest BCUT2D eigenvalue weighted by atomic mass is 9.72. The molecule has 0 bridgehead atoms. The van der Waals surface area contributed by atoms with Crippen LogP contribution < -0.4 is 0 Å². The van der Waals surface area contributed by atoms with Crippen molar-refractivity contribution in [2.75, 3.05) is 26.2 Å². The van der Waals surface area contributed by atoms with Crippen LogP contribution in [-0.2, 0) is 17.8 Å². The van der Waals surface area contributed by atoms with Crippen LogP contribution in [0.15, 0.2) is 12.4 Å². The molecule has 2 aliphatic rings. The highest BCUT2D eigenvalue weighted by Gasteiger charge is 2.41. The van der Waals surface area contributed by atoms with Crippen LogP contribution in [0.1, 0.15) is 50.9 Å². The normalized spacial score (nSPS) is 22.4. The highest BCUT2D eigenvalue weighted by molar-refractivity contribution is 5.77. The van der Waals surface area contributed by atoms with Crippen molar-refractivity contribution in [3.05, 3.63) is 23.8 Å². The molecule has 1 unspecified atom stereocenters. The molecule has 2 fully saturated rings. The molecule has 1 aromatic rings. The molecule has 1 atom stereocenters. The summed E-state index contributed by atoms with van der Waals surface area (Å²) in [5, 5.41) is 9.64. The maximum atomic E-state index is 12.1. The third kappa shape index (κ3) is 4.55. The van der Waals surface area contributed by atoms with E-state index in [1.807, 2.05) is 17.3 Å². The molecule has 3 heterocycles. The number of aryl methyl sites for hydroxylation is 1. The zero-order valence-electron chi connectivity index (χ0n) is 15.4. The number of aliphatic hydroxyl groups is 1. The number of hydrogen-bond acceptors (Lipinski definition) is 5. The summed E-state index contributed by atoms with van der Waals surface area (Å²) in [6.45, 7) is 8.08. The highest BCUT2D eigenvalue weighted by Crippen LogP contribution is 2.40. The van der Waals surface area contributed by atoms with E-state index >= 15 is 0 Å². The molecule has 0 radical (unpaired) electrons. The summed E-state index contributed by atoms with van der Waals surface area (Å²) in [6.07, 6.45) is 8.15. The van der Waals surface area contributed by atoms with Gasteiger partial charge in [-0.25, -0.2) is 9.97 Å². The smallest absolute Gasteiger partial charge is 0.222 e. The Morgan fingerprint density at radius 3 is 2.52 bits per heavy atom. The summed E-state index contributed by atoms with van der Waals surface area (Å²) < 4.78 is 0. The molecule has 6 nitrogen and oxygen atoms in total. The van der Waals surface area contributed by atoms with Gasteiger partial charge >= 0.3 is 0 Å². The standard InChI is InChI=1S/C19H30N4O2/c1-3-17-20-10-16(11-21-17)13-22-8-6-19(7-9-22)5-4-18(25)23(14-19)12-15(2)24/h10-11,15,24H,3-9,12-14H2,1-2H3. The first kappa shape index (κ1) is 18.3. The van der Waals surface area contributed by atoms with E-state index in [4.69, 9.17) is 0 Å². The fourth-order valence-corrected chi connectivity index (χ4v) is 4.09. The average molecular weight is 346 g/mol. The Kier molecular flexibility index (Phi) is 5.69. The minimum atomic E-state index is -0.453. The maximum Gasteiger partial charge on any atom is 0.222 e. The third-order valence-corrected chi connectivity index (χ3v) is 5.63. The highest BCUT2D eigenvalue weighted by atomic mass is 16.3. The molecule has 1 aromatic heterocycles. The zero-order chi connectivity index (χ0) is 17.9. The summed E-state index contributed by atoms with van der Waals surface area (Å²) in [6, 6.07) is 0. The molecule has 6 heteroatoms. The van der Waals surface area contributed by atoms with Crippen molar-refractivity contribution in [2.24, 2.45) is 5.41 Å². The molecule has 2 aliphatic heterocycles. The van der Waals surface area contributed by atoms with Crippen molar-refractivity contribution in [3.63, 3.8) is 0 Å². The predicted octanol–water partition coefficient (Wildman–Crippen LogP) is 1.62. The lowest BCUT2D eigenvalue weighted by molar-refractivity contribution is -0.140. The minimum absolute atomic E-state index is 0.196. The number of rotatable bonds is 5. The van der Waals surface area contributed by atoms with E-state index in [-0.39, 0.29) is 11.3 Å². The molecular weight excluding hydrogens is 316 g/mol. The number of amides is 1. The van der Waals surface area contributed by atoms with E-state index in [2.05, 4.69) is 21.8 Å². The number of aliphatic hydroxyl groups excluding tert-OH is 1. The van der Waals surface area contributed by atoms with E-state index in [9.17, 15) is 9.90 Å². The van der Waals surface area contributed by atoms with Crippen molar-refractivity contribution in [2.45, 2.75) is 58.6 Å². The Hall–Kier alpha value is -1.53. The number of piperidine rings is 2. The van der Waals surface area contributed by atoms with E-state index < -0.39 is 6.10 Å². The number of likely N-dealkylation sites (tertiary alicyclic amines) is 2. The number of β-amino-alcohol motifs (C(OH)–C–C–N with tert-alkyl or cyclic N) is 1. The number of aromatic nitrogens is 2. The summed E-state index contributed by atoms with van der Waals surface area (Å²) in [5.41, 5.74) is 1.41. The third-order valence-electron chi connectivity index (χ3n) is 5.63. The number of carbonyl (C=O) groups is 1. The second-order valence-electron chi connectivity index (χ2n) is 7.76. The summed E-state index contributed by atoms with van der Waals surface area (Å²) in [4.78, 5) is 25.2. The molecule has 0 aliphatic carbocycles. The molecule has 138 valence electrons. The zero-order valence-corrected chi connectivity index (χ0v) is 15.4. The first-order valence-electron chi connectivity index (χ1n) is 9.48. The van der Waals surface area contributed by atoms with E-state index in [1.165, 1.54) is 5.56 Å². The van der Waals surface area contributed by atoms with E-state index in [1.54, 1.807) is 6.92 Å². The molecule has 2 saturated heterocycles. The van der Waals surface area contributed by atoms with Crippen LogP contribution in [0.25, 0.3) is 0 Å². The Bertz CT molecular complexity index is 580. The van der Waals surface area contributed by atoms with Gasteiger partial charge in [-0.15, -0.1) is 0 Å². The van der Waals surface area contributed by atoms with E-state index in [0.29, 0.717) is 13.0 Å². The van der Waals surface area contributed by atoms with Gasteiger partial charge in [0.2, 0.25) is 5.91 Å². The van der Waals surface area contributed by atoms with Crippen LogP contribution in [-0.4, -0.2) is 63.1 Å². The SMILES string of the molecule is CCc1ncc(CN2CCC3(CCC(=O)N(CC(C)O)C3)CC2)cn1. The Morgan fingerprint density at radius 1 is 1.24 bits per heavy atom. The van der Waals surface area contributed by atoms with Gasteiger partial charge in [0, 0.05) is 50.4 Å². The number of hydrogen-bond donors (Lipinski definition) is 1. The van der Waals surface area contributed by atoms with Crippen molar-refractivity contribution >= 4 is 5.91 Å². The fourth-order valence-electron chi connectivity index (χ4n) is 4.09. The van der Waals surface area contributed by atoms with Crippen LogP contribution in [0.4, 0.5) is 0 Å². The van der Waals surface area contributed by atoms with Gasteiger partial charge < -0.3 is 10.0 Å². The lowest BCUT2D eigenvalue weighted by Crippen LogP contribution is -2.52. The molecule has 0 aromatic carbocycles. The summed E-state index contributed by atoms with van der Waals surface area (Å²) in [5.74, 6) is 1.09. The maximum absolute atomic E-state index is 12.1. The van der Waals surface area contributed by atoms with Gasteiger partial charge in [-0.05, 0) is 44.7 Å². The number of carbonyl (C=O) groups excluding carboxylic acids is 1. The van der Waals surface area contributed by atoms with Crippen LogP contribution in [0.2, 0.25) is 0 Å². The molecular formula is C19H30N4O2. The van der Waals surface area contributed by atoms with Gasteiger partial charge in [-0.3, -0.25) is 9.69 Å². The Balaban J connectivity index is 1.54. The topological polar surface area (TPSA) is 69.6 Å². The van der Waals surface area contributed by atoms with E-state index in [0.717, 1.165) is 57.7 Å². The molecule has 1 spiro atoms. The largest absolute Gasteiger partial charge is 0.392 e. The first-order chi connectivity index (χ1) is 12.0. The van der Waals surface area contributed by atoms with Gasteiger partial charge in [-0.1, -0.05) is 6.92 Å². The Morgan fingerprint density at radius 2 is 1.92 bits per heavy atom. The number of nitrogens with zero attached hydrogens (tertiary/aromatic N) is 4. The van der Waals surface area contributed by atoms with Gasteiger partial charge in [0.05, 0.1) is 6.10 Å². The second kappa shape index (κ2) is 7.79. The molecule has 1 N–H and O–H groups in total. The monoisotopic (exact) mass is 346 g/mol. The second-order valence-corrected chi connectivity index (χ2v) is 7.76. The van der Waals surface area contributed by atoms with Crippen LogP contribution >= 0.6 is 0 Å². The fraction of sp³-hybridized carbons (Fsp3) is 0.737. The van der Waals surface area contributed by atoms with Crippen molar-refractivity contribution in [1.29, 1.82) is 0 Å². The van der Waals surface area contributed by atoms with Crippen molar-refractivity contribution < 1.29 is 9.90 Å². The average Bonchev–Trinajstić information content (AvgIpc) is 2.61. The molecule has 0 saturated carbocycles. The summed E-state index contributed by atoms with van der Waals surface area (Å²) in [7, 11) is 0.